The minimum Gasteiger partial charge on any atom is -0.348 e. The van der Waals surface area contributed by atoms with Crippen molar-refractivity contribution in [3.63, 3.8) is 0 Å². The SMILES string of the molecule is Cc1nc2ccccc2c(=O)n1-c1ccc(C(=O)NCc2ccc(Cl)cc2Cl)cc1. The average Bonchev–Trinajstić information content (AvgIpc) is 2.73. The van der Waals surface area contributed by atoms with Crippen molar-refractivity contribution in [3.8, 4) is 5.69 Å². The summed E-state index contributed by atoms with van der Waals surface area (Å²) in [4.78, 5) is 29.9. The summed E-state index contributed by atoms with van der Waals surface area (Å²) in [6.07, 6.45) is 0. The molecule has 30 heavy (non-hydrogen) atoms. The van der Waals surface area contributed by atoms with Crippen molar-refractivity contribution < 1.29 is 4.79 Å². The average molecular weight is 438 g/mol. The van der Waals surface area contributed by atoms with Crippen molar-refractivity contribution in [3.05, 3.63) is 104 Å². The molecule has 3 aromatic carbocycles. The van der Waals surface area contributed by atoms with Crippen molar-refractivity contribution in [2.45, 2.75) is 13.5 Å². The molecule has 0 aliphatic heterocycles. The Balaban J connectivity index is 1.56. The lowest BCUT2D eigenvalue weighted by atomic mass is 10.1. The second kappa shape index (κ2) is 8.30. The van der Waals surface area contributed by atoms with E-state index < -0.39 is 0 Å². The first-order valence-electron chi connectivity index (χ1n) is 9.25. The molecule has 0 radical (unpaired) electrons. The van der Waals surface area contributed by atoms with Gasteiger partial charge >= 0.3 is 0 Å². The minimum absolute atomic E-state index is 0.146. The highest BCUT2D eigenvalue weighted by atomic mass is 35.5. The van der Waals surface area contributed by atoms with Gasteiger partial charge in [-0.2, -0.15) is 0 Å². The Labute approximate surface area is 182 Å². The monoisotopic (exact) mass is 437 g/mol. The molecule has 0 aliphatic carbocycles. The Morgan fingerprint density at radius 2 is 1.77 bits per heavy atom. The maximum atomic E-state index is 12.9. The number of fused-ring (bicyclic) bond motifs is 1. The van der Waals surface area contributed by atoms with Crippen LogP contribution in [0.4, 0.5) is 0 Å². The van der Waals surface area contributed by atoms with E-state index in [4.69, 9.17) is 23.2 Å². The van der Waals surface area contributed by atoms with E-state index in [1.54, 1.807) is 55.5 Å². The molecule has 150 valence electrons. The van der Waals surface area contributed by atoms with Gasteiger partial charge < -0.3 is 5.32 Å². The summed E-state index contributed by atoms with van der Waals surface area (Å²) in [7, 11) is 0. The molecule has 7 heteroatoms. The number of amides is 1. The first kappa shape index (κ1) is 20.1. The number of carbonyl (C=O) groups excluding carboxylic acids is 1. The largest absolute Gasteiger partial charge is 0.348 e. The van der Waals surface area contributed by atoms with E-state index in [2.05, 4.69) is 10.3 Å². The second-order valence-corrected chi connectivity index (χ2v) is 7.63. The topological polar surface area (TPSA) is 64.0 Å². The van der Waals surface area contributed by atoms with Crippen molar-refractivity contribution in [2.24, 2.45) is 0 Å². The number of benzene rings is 3. The molecule has 5 nitrogen and oxygen atoms in total. The molecular weight excluding hydrogens is 421 g/mol. The fraction of sp³-hybridized carbons (Fsp3) is 0.0870. The van der Waals surface area contributed by atoms with Gasteiger partial charge in [-0.1, -0.05) is 41.4 Å². The molecule has 0 spiro atoms. The number of rotatable bonds is 4. The lowest BCUT2D eigenvalue weighted by molar-refractivity contribution is 0.0951. The number of carbonyl (C=O) groups is 1. The molecule has 0 unspecified atom stereocenters. The lowest BCUT2D eigenvalue weighted by Gasteiger charge is -2.12. The highest BCUT2D eigenvalue weighted by Gasteiger charge is 2.11. The van der Waals surface area contributed by atoms with Gasteiger partial charge in [-0.3, -0.25) is 14.2 Å². The zero-order valence-corrected chi connectivity index (χ0v) is 17.5. The zero-order chi connectivity index (χ0) is 21.3. The van der Waals surface area contributed by atoms with Crippen LogP contribution in [0.3, 0.4) is 0 Å². The Hall–Kier alpha value is -3.15. The van der Waals surface area contributed by atoms with Gasteiger partial charge in [0, 0.05) is 22.2 Å². The van der Waals surface area contributed by atoms with E-state index in [0.717, 1.165) is 5.56 Å². The zero-order valence-electron chi connectivity index (χ0n) is 16.0. The van der Waals surface area contributed by atoms with Crippen molar-refractivity contribution in [1.82, 2.24) is 14.9 Å². The molecule has 0 fully saturated rings. The van der Waals surface area contributed by atoms with Crippen LogP contribution in [0.25, 0.3) is 16.6 Å². The number of aromatic nitrogens is 2. The van der Waals surface area contributed by atoms with E-state index in [-0.39, 0.29) is 18.0 Å². The van der Waals surface area contributed by atoms with Gasteiger partial charge in [-0.25, -0.2) is 4.98 Å². The minimum atomic E-state index is -0.242. The van der Waals surface area contributed by atoms with Crippen LogP contribution >= 0.6 is 23.2 Å². The maximum absolute atomic E-state index is 12.9. The van der Waals surface area contributed by atoms with Gasteiger partial charge in [0.1, 0.15) is 5.82 Å². The van der Waals surface area contributed by atoms with Crippen LogP contribution in [-0.4, -0.2) is 15.5 Å². The maximum Gasteiger partial charge on any atom is 0.265 e. The van der Waals surface area contributed by atoms with Crippen molar-refractivity contribution in [1.29, 1.82) is 0 Å². The van der Waals surface area contributed by atoms with Crippen LogP contribution < -0.4 is 10.9 Å². The molecular formula is C23H17Cl2N3O2. The number of halogens is 2. The first-order chi connectivity index (χ1) is 14.4. The highest BCUT2D eigenvalue weighted by Crippen LogP contribution is 2.21. The smallest absolute Gasteiger partial charge is 0.265 e. The Morgan fingerprint density at radius 3 is 2.50 bits per heavy atom. The third kappa shape index (κ3) is 3.95. The summed E-state index contributed by atoms with van der Waals surface area (Å²) in [5.41, 5.74) is 2.41. The van der Waals surface area contributed by atoms with Crippen LogP contribution in [0.2, 0.25) is 10.0 Å². The van der Waals surface area contributed by atoms with Gasteiger partial charge in [0.25, 0.3) is 11.5 Å². The number of hydrogen-bond donors (Lipinski definition) is 1. The fourth-order valence-electron chi connectivity index (χ4n) is 3.25. The molecule has 1 aromatic heterocycles. The summed E-state index contributed by atoms with van der Waals surface area (Å²) in [6.45, 7) is 2.06. The van der Waals surface area contributed by atoms with Crippen LogP contribution in [0.5, 0.6) is 0 Å². The standard InChI is InChI=1S/C23H17Cl2N3O2/c1-14-27-21-5-3-2-4-19(21)23(30)28(14)18-10-7-15(8-11-18)22(29)26-13-16-6-9-17(24)12-20(16)25/h2-12H,13H2,1H3,(H,26,29). The number of nitrogens with zero attached hydrogens (tertiary/aromatic N) is 2. The molecule has 0 saturated heterocycles. The van der Waals surface area contributed by atoms with Gasteiger partial charge in [-0.15, -0.1) is 0 Å². The van der Waals surface area contributed by atoms with Crippen molar-refractivity contribution in [2.75, 3.05) is 0 Å². The van der Waals surface area contributed by atoms with Crippen LogP contribution in [0, 0.1) is 6.92 Å². The Kier molecular flexibility index (Phi) is 5.57. The Bertz CT molecular complexity index is 1310. The fourth-order valence-corrected chi connectivity index (χ4v) is 3.73. The normalized spacial score (nSPS) is 10.9. The molecule has 4 aromatic rings. The summed E-state index contributed by atoms with van der Waals surface area (Å²) < 4.78 is 1.54. The number of aryl methyl sites for hydroxylation is 1. The number of nitrogens with one attached hydrogen (secondary N) is 1. The summed E-state index contributed by atoms with van der Waals surface area (Å²) in [5.74, 6) is 0.335. The molecule has 0 aliphatic rings. The molecule has 1 amide bonds. The molecule has 1 heterocycles. The van der Waals surface area contributed by atoms with E-state index in [0.29, 0.717) is 38.0 Å². The van der Waals surface area contributed by atoms with E-state index in [1.165, 1.54) is 4.57 Å². The molecule has 0 atom stereocenters. The van der Waals surface area contributed by atoms with E-state index >= 15 is 0 Å². The molecule has 0 bridgehead atoms. The third-order valence-corrected chi connectivity index (χ3v) is 5.37. The van der Waals surface area contributed by atoms with Gasteiger partial charge in [-0.05, 0) is 61.0 Å². The van der Waals surface area contributed by atoms with E-state index in [1.807, 2.05) is 18.2 Å². The summed E-state index contributed by atoms with van der Waals surface area (Å²) in [6, 6.07) is 19.2. The first-order valence-corrected chi connectivity index (χ1v) is 10.0. The number of hydrogen-bond acceptors (Lipinski definition) is 3. The third-order valence-electron chi connectivity index (χ3n) is 4.79. The lowest BCUT2D eigenvalue weighted by Crippen LogP contribution is -2.24. The number of para-hydroxylation sites is 1. The van der Waals surface area contributed by atoms with Crippen LogP contribution in [0.1, 0.15) is 21.7 Å². The predicted octanol–water partition coefficient (Wildman–Crippen LogP) is 4.93. The predicted molar refractivity (Wildman–Crippen MR) is 120 cm³/mol. The Morgan fingerprint density at radius 1 is 1.03 bits per heavy atom. The van der Waals surface area contributed by atoms with Crippen molar-refractivity contribution >= 4 is 40.0 Å². The molecule has 0 saturated carbocycles. The van der Waals surface area contributed by atoms with E-state index in [9.17, 15) is 9.59 Å². The molecule has 4 rings (SSSR count). The quantitative estimate of drug-likeness (QED) is 0.492. The molecule has 1 N–H and O–H groups in total. The second-order valence-electron chi connectivity index (χ2n) is 6.78. The van der Waals surface area contributed by atoms with Crippen LogP contribution in [0.15, 0.2) is 71.5 Å². The van der Waals surface area contributed by atoms with Gasteiger partial charge in [0.05, 0.1) is 16.6 Å². The van der Waals surface area contributed by atoms with Gasteiger partial charge in [0.15, 0.2) is 0 Å². The highest BCUT2D eigenvalue weighted by molar-refractivity contribution is 6.35. The summed E-state index contributed by atoms with van der Waals surface area (Å²) >= 11 is 12.0. The van der Waals surface area contributed by atoms with Crippen LogP contribution in [-0.2, 0) is 6.54 Å². The van der Waals surface area contributed by atoms with Gasteiger partial charge in [0.2, 0.25) is 0 Å². The summed E-state index contributed by atoms with van der Waals surface area (Å²) in [5, 5.41) is 4.42.